The molecule has 1 N–H and O–H groups in total. The maximum absolute atomic E-state index is 13.9. The number of hydrogen-bond donors (Lipinski definition) is 1. The van der Waals surface area contributed by atoms with Crippen molar-refractivity contribution in [1.82, 2.24) is 0 Å². The first-order valence-corrected chi connectivity index (χ1v) is 19.1. The van der Waals surface area contributed by atoms with Gasteiger partial charge in [-0.3, -0.25) is 4.79 Å². The summed E-state index contributed by atoms with van der Waals surface area (Å²) in [6.45, 7) is 28.0. The van der Waals surface area contributed by atoms with Gasteiger partial charge in [0.05, 0.1) is 11.2 Å². The summed E-state index contributed by atoms with van der Waals surface area (Å²) in [5.41, 5.74) is 0.214. The lowest BCUT2D eigenvalue weighted by atomic mass is 9.79. The second kappa shape index (κ2) is 8.65. The van der Waals surface area contributed by atoms with Crippen LogP contribution in [0.25, 0.3) is 0 Å². The second-order valence-corrected chi connectivity index (χ2v) is 24.3. The predicted octanol–water partition coefficient (Wildman–Crippen LogP) is 6.89. The number of ketones is 1. The van der Waals surface area contributed by atoms with E-state index in [4.69, 9.17) is 13.6 Å². The van der Waals surface area contributed by atoms with Crippen LogP contribution >= 0.6 is 0 Å². The van der Waals surface area contributed by atoms with Gasteiger partial charge in [0.15, 0.2) is 22.4 Å². The molecule has 5 nitrogen and oxygen atoms in total. The fourth-order valence-electron chi connectivity index (χ4n) is 4.99. The molecular weight excluding hydrogens is 472 g/mol. The Hall–Kier alpha value is -0.736. The molecule has 0 bridgehead atoms. The summed E-state index contributed by atoms with van der Waals surface area (Å²) in [6, 6.07) is 0. The zero-order chi connectivity index (χ0) is 27.0. The van der Waals surface area contributed by atoms with Gasteiger partial charge in [-0.05, 0) is 81.5 Å². The van der Waals surface area contributed by atoms with Gasteiger partial charge in [0.25, 0.3) is 0 Å². The first-order valence-electron chi connectivity index (χ1n) is 13.3. The van der Waals surface area contributed by atoms with Crippen molar-refractivity contribution in [3.05, 3.63) is 23.0 Å². The first-order chi connectivity index (χ1) is 15.5. The highest BCUT2D eigenvalue weighted by atomic mass is 28.4. The lowest BCUT2D eigenvalue weighted by Gasteiger charge is -2.47. The van der Waals surface area contributed by atoms with E-state index in [2.05, 4.69) is 74.7 Å². The molecular formula is C28H50O5Si2. The number of hydrogen-bond acceptors (Lipinski definition) is 5. The molecule has 0 aromatic heterocycles. The molecule has 3 aliphatic rings. The quantitative estimate of drug-likeness (QED) is 0.398. The fraction of sp³-hybridized carbons (Fsp3) is 0.821. The van der Waals surface area contributed by atoms with Crippen molar-refractivity contribution < 1.29 is 23.5 Å². The number of ether oxygens (including phenoxy) is 1. The molecule has 1 saturated carbocycles. The van der Waals surface area contributed by atoms with Gasteiger partial charge in [-0.1, -0.05) is 41.5 Å². The summed E-state index contributed by atoms with van der Waals surface area (Å²) < 4.78 is 20.4. The maximum Gasteiger partial charge on any atom is 0.193 e. The van der Waals surface area contributed by atoms with E-state index in [1.54, 1.807) is 0 Å². The SMILES string of the molecule is CC12CC[C@H](C(C)(C)O)C1=CC1=C(O2)[C@H](O[Si](C)(C)C(C)(C)C)C[C@@H](O[Si](C)(C)C(C)(C)C)C1=O. The number of aliphatic hydroxyl groups is 1. The third-order valence-electron chi connectivity index (χ3n) is 9.41. The highest BCUT2D eigenvalue weighted by Crippen LogP contribution is 2.53. The topological polar surface area (TPSA) is 65.0 Å². The minimum absolute atomic E-state index is 0.00384. The Balaban J connectivity index is 2.10. The van der Waals surface area contributed by atoms with Crippen LogP contribution in [0.4, 0.5) is 0 Å². The molecule has 0 radical (unpaired) electrons. The molecule has 1 aliphatic heterocycles. The van der Waals surface area contributed by atoms with Gasteiger partial charge in [-0.25, -0.2) is 0 Å². The van der Waals surface area contributed by atoms with Crippen LogP contribution in [0.3, 0.4) is 0 Å². The number of carbonyl (C=O) groups excluding carboxylic acids is 1. The fourth-order valence-corrected chi connectivity index (χ4v) is 7.53. The zero-order valence-corrected chi connectivity index (χ0v) is 26.5. The van der Waals surface area contributed by atoms with Crippen molar-refractivity contribution in [3.8, 4) is 0 Å². The van der Waals surface area contributed by atoms with Crippen molar-refractivity contribution in [1.29, 1.82) is 0 Å². The minimum Gasteiger partial charge on any atom is -0.484 e. The van der Waals surface area contributed by atoms with E-state index in [9.17, 15) is 9.90 Å². The largest absolute Gasteiger partial charge is 0.484 e. The highest BCUT2D eigenvalue weighted by molar-refractivity contribution is 6.74. The van der Waals surface area contributed by atoms with Gasteiger partial charge in [0.1, 0.15) is 23.6 Å². The Morgan fingerprint density at radius 3 is 1.89 bits per heavy atom. The second-order valence-electron chi connectivity index (χ2n) is 14.8. The van der Waals surface area contributed by atoms with Crippen molar-refractivity contribution in [3.63, 3.8) is 0 Å². The lowest BCUT2D eigenvalue weighted by molar-refractivity contribution is -0.126. The smallest absolute Gasteiger partial charge is 0.193 e. The van der Waals surface area contributed by atoms with Gasteiger partial charge >= 0.3 is 0 Å². The Morgan fingerprint density at radius 2 is 1.43 bits per heavy atom. The standard InChI is InChI=1S/C28H50O5Si2/c1-25(2,3)34(10,11)32-21-17-22(33-35(12,13)26(4,5)6)24-18(23(21)29)16-20-19(27(7,8)30)14-15-28(20,9)31-24/h16,19,21-22,30H,14-15,17H2,1-13H3/t19-,21+,22+,28?/m0/s1. The maximum atomic E-state index is 13.9. The van der Waals surface area contributed by atoms with Crippen LogP contribution in [0.1, 0.15) is 81.6 Å². The van der Waals surface area contributed by atoms with Crippen molar-refractivity contribution >= 4 is 22.4 Å². The normalized spacial score (nSPS) is 30.6. The third-order valence-corrected chi connectivity index (χ3v) is 18.4. The van der Waals surface area contributed by atoms with Crippen molar-refractivity contribution in [2.75, 3.05) is 0 Å². The summed E-state index contributed by atoms with van der Waals surface area (Å²) in [7, 11) is -4.34. The Kier molecular flexibility index (Phi) is 7.13. The van der Waals surface area contributed by atoms with E-state index >= 15 is 0 Å². The molecule has 0 saturated heterocycles. The summed E-state index contributed by atoms with van der Waals surface area (Å²) in [6.07, 6.45) is 3.31. The van der Waals surface area contributed by atoms with E-state index in [1.807, 2.05) is 19.9 Å². The number of rotatable bonds is 5. The molecule has 1 fully saturated rings. The Bertz CT molecular complexity index is 926. The van der Waals surface area contributed by atoms with E-state index < -0.39 is 33.9 Å². The Morgan fingerprint density at radius 1 is 0.943 bits per heavy atom. The Labute approximate surface area is 216 Å². The van der Waals surface area contributed by atoms with Crippen molar-refractivity contribution in [2.24, 2.45) is 5.92 Å². The summed E-state index contributed by atoms with van der Waals surface area (Å²) in [5.74, 6) is 0.629. The first kappa shape index (κ1) is 28.8. The predicted molar refractivity (Wildman–Crippen MR) is 147 cm³/mol. The summed E-state index contributed by atoms with van der Waals surface area (Å²) in [4.78, 5) is 13.9. The molecule has 7 heteroatoms. The van der Waals surface area contributed by atoms with Crippen LogP contribution < -0.4 is 0 Å². The van der Waals surface area contributed by atoms with E-state index in [0.29, 0.717) is 17.8 Å². The summed E-state index contributed by atoms with van der Waals surface area (Å²) in [5, 5.41) is 10.9. The van der Waals surface area contributed by atoms with Crippen LogP contribution in [0, 0.1) is 5.92 Å². The molecule has 4 atom stereocenters. The third kappa shape index (κ3) is 5.31. The highest BCUT2D eigenvalue weighted by Gasteiger charge is 2.54. The number of Topliss-reactive ketones (excluding diaryl/α,β-unsaturated/α-hetero) is 1. The average molecular weight is 523 g/mol. The summed E-state index contributed by atoms with van der Waals surface area (Å²) >= 11 is 0. The molecule has 1 unspecified atom stereocenters. The number of allylic oxidation sites excluding steroid dienone is 1. The lowest BCUT2D eigenvalue weighted by Crippen LogP contribution is -2.53. The molecule has 35 heavy (non-hydrogen) atoms. The van der Waals surface area contributed by atoms with Gasteiger partial charge in [-0.2, -0.15) is 0 Å². The molecule has 200 valence electrons. The monoisotopic (exact) mass is 522 g/mol. The molecule has 0 aromatic rings. The van der Waals surface area contributed by atoms with Gasteiger partial charge in [0.2, 0.25) is 0 Å². The minimum atomic E-state index is -2.19. The van der Waals surface area contributed by atoms with Gasteiger partial charge < -0.3 is 18.7 Å². The van der Waals surface area contributed by atoms with Gasteiger partial charge in [0, 0.05) is 12.3 Å². The molecule has 0 spiro atoms. The van der Waals surface area contributed by atoms with Crippen molar-refractivity contribution in [2.45, 2.75) is 141 Å². The van der Waals surface area contributed by atoms with Crippen LogP contribution in [-0.2, 0) is 18.4 Å². The van der Waals surface area contributed by atoms with Crippen LogP contribution in [0.5, 0.6) is 0 Å². The number of fused-ring (bicyclic) bond motifs is 1. The van der Waals surface area contributed by atoms with Crippen LogP contribution in [-0.4, -0.2) is 50.9 Å². The molecule has 1 heterocycles. The molecule has 3 rings (SSSR count). The molecule has 0 aromatic carbocycles. The van der Waals surface area contributed by atoms with E-state index in [0.717, 1.165) is 18.4 Å². The van der Waals surface area contributed by atoms with Crippen LogP contribution in [0.15, 0.2) is 23.0 Å². The van der Waals surface area contributed by atoms with Crippen LogP contribution in [0.2, 0.25) is 36.3 Å². The van der Waals surface area contributed by atoms with E-state index in [1.165, 1.54) is 0 Å². The van der Waals surface area contributed by atoms with E-state index in [-0.39, 0.29) is 27.9 Å². The molecule has 2 aliphatic carbocycles. The molecule has 0 amide bonds. The number of carbonyl (C=O) groups is 1. The average Bonchev–Trinajstić information content (AvgIpc) is 2.98. The van der Waals surface area contributed by atoms with Gasteiger partial charge in [-0.15, -0.1) is 0 Å². The zero-order valence-electron chi connectivity index (χ0n) is 24.5.